The molecule has 4 rings (SSSR count). The fourth-order valence-corrected chi connectivity index (χ4v) is 4.71. The maximum Gasteiger partial charge on any atom is 0.247 e. The van der Waals surface area contributed by atoms with Crippen molar-refractivity contribution in [2.75, 3.05) is 22.1 Å². The van der Waals surface area contributed by atoms with Crippen LogP contribution in [0.2, 0.25) is 0 Å². The lowest BCUT2D eigenvalue weighted by Crippen LogP contribution is -2.31. The molecular formula is C25H23N3O3S2. The second-order valence-electron chi connectivity index (χ2n) is 7.27. The monoisotopic (exact) mass is 477 g/mol. The van der Waals surface area contributed by atoms with Crippen molar-refractivity contribution < 1.29 is 14.3 Å². The van der Waals surface area contributed by atoms with Crippen LogP contribution in [0.25, 0.3) is 0 Å². The van der Waals surface area contributed by atoms with E-state index in [4.69, 9.17) is 17.0 Å². The van der Waals surface area contributed by atoms with Crippen LogP contribution in [-0.4, -0.2) is 28.8 Å². The van der Waals surface area contributed by atoms with E-state index >= 15 is 0 Å². The fourth-order valence-electron chi connectivity index (χ4n) is 3.42. The second-order valence-corrected chi connectivity index (χ2v) is 8.96. The zero-order chi connectivity index (χ0) is 23.2. The van der Waals surface area contributed by atoms with Crippen molar-refractivity contribution >= 4 is 58.0 Å². The molecule has 1 atom stereocenters. The highest BCUT2D eigenvalue weighted by Crippen LogP contribution is 2.34. The van der Waals surface area contributed by atoms with E-state index in [1.165, 1.54) is 16.7 Å². The molecule has 1 heterocycles. The molecule has 2 N–H and O–H groups in total. The van der Waals surface area contributed by atoms with Crippen molar-refractivity contribution in [3.8, 4) is 5.75 Å². The fraction of sp³-hybridized carbons (Fsp3) is 0.160. The van der Waals surface area contributed by atoms with Gasteiger partial charge in [0.05, 0.1) is 17.5 Å². The molecule has 33 heavy (non-hydrogen) atoms. The van der Waals surface area contributed by atoms with Crippen molar-refractivity contribution in [3.05, 3.63) is 78.9 Å². The quantitative estimate of drug-likeness (QED) is 0.353. The van der Waals surface area contributed by atoms with E-state index < -0.39 is 5.25 Å². The number of nitrogens with one attached hydrogen (secondary N) is 2. The first-order valence-electron chi connectivity index (χ1n) is 10.5. The number of hydrogen-bond acceptors (Lipinski definition) is 5. The third kappa shape index (κ3) is 5.71. The molecular weight excluding hydrogens is 454 g/mol. The van der Waals surface area contributed by atoms with Crippen molar-refractivity contribution in [3.63, 3.8) is 0 Å². The molecule has 6 nitrogen and oxygen atoms in total. The Labute approximate surface area is 202 Å². The smallest absolute Gasteiger partial charge is 0.247 e. The molecule has 168 valence electrons. The largest absolute Gasteiger partial charge is 0.494 e. The Balaban J connectivity index is 1.35. The van der Waals surface area contributed by atoms with E-state index in [0.717, 1.165) is 16.3 Å². The Morgan fingerprint density at radius 2 is 1.61 bits per heavy atom. The van der Waals surface area contributed by atoms with Crippen LogP contribution in [-0.2, 0) is 9.59 Å². The Kier molecular flexibility index (Phi) is 7.26. The van der Waals surface area contributed by atoms with Gasteiger partial charge in [0.15, 0.2) is 5.11 Å². The number of rotatable bonds is 7. The lowest BCUT2D eigenvalue weighted by molar-refractivity contribution is -0.121. The average Bonchev–Trinajstić information content (AvgIpc) is 3.09. The second kappa shape index (κ2) is 10.5. The summed E-state index contributed by atoms with van der Waals surface area (Å²) < 4.78 is 5.43. The molecule has 0 saturated carbocycles. The molecule has 0 spiro atoms. The van der Waals surface area contributed by atoms with Gasteiger partial charge in [0, 0.05) is 22.7 Å². The number of thiocarbonyl (C=S) groups is 1. The van der Waals surface area contributed by atoms with Gasteiger partial charge in [-0.1, -0.05) is 18.2 Å². The summed E-state index contributed by atoms with van der Waals surface area (Å²) >= 11 is 6.74. The standard InChI is InChI=1S/C25H23N3O3S2/c1-2-31-20-12-10-19(11-13-20)28-23(29)16-22(24(28)30)33-21-14-8-18(9-15-21)27-25(32)26-17-6-4-3-5-7-17/h3-15,22H,2,16H2,1H3,(H2,26,27,32). The van der Waals surface area contributed by atoms with Gasteiger partial charge in [0.25, 0.3) is 0 Å². The first kappa shape index (κ1) is 22.8. The molecule has 3 aromatic carbocycles. The summed E-state index contributed by atoms with van der Waals surface area (Å²) in [5, 5.41) is 6.30. The van der Waals surface area contributed by atoms with Crippen molar-refractivity contribution in [1.29, 1.82) is 0 Å². The normalized spacial score (nSPS) is 15.4. The lowest BCUT2D eigenvalue weighted by Gasteiger charge is -2.15. The number of thioether (sulfide) groups is 1. The molecule has 0 aromatic heterocycles. The van der Waals surface area contributed by atoms with E-state index in [-0.39, 0.29) is 18.2 Å². The summed E-state index contributed by atoms with van der Waals surface area (Å²) in [4.78, 5) is 27.6. The SMILES string of the molecule is CCOc1ccc(N2C(=O)CC(Sc3ccc(NC(=S)Nc4ccccc4)cc3)C2=O)cc1. The van der Waals surface area contributed by atoms with Gasteiger partial charge >= 0.3 is 0 Å². The van der Waals surface area contributed by atoms with Crippen LogP contribution in [0.15, 0.2) is 83.8 Å². The summed E-state index contributed by atoms with van der Waals surface area (Å²) in [5.41, 5.74) is 2.30. The van der Waals surface area contributed by atoms with E-state index in [9.17, 15) is 9.59 Å². The maximum atomic E-state index is 12.9. The average molecular weight is 478 g/mol. The number of ether oxygens (including phenoxy) is 1. The van der Waals surface area contributed by atoms with Gasteiger partial charge in [-0.2, -0.15) is 0 Å². The number of benzene rings is 3. The molecule has 1 aliphatic rings. The van der Waals surface area contributed by atoms with E-state index in [1.54, 1.807) is 24.3 Å². The third-order valence-corrected chi connectivity index (χ3v) is 6.33. The van der Waals surface area contributed by atoms with Crippen LogP contribution >= 0.6 is 24.0 Å². The van der Waals surface area contributed by atoms with Crippen molar-refractivity contribution in [2.45, 2.75) is 23.5 Å². The van der Waals surface area contributed by atoms with Gasteiger partial charge in [-0.05, 0) is 79.8 Å². The topological polar surface area (TPSA) is 70.7 Å². The van der Waals surface area contributed by atoms with Crippen molar-refractivity contribution in [2.24, 2.45) is 0 Å². The van der Waals surface area contributed by atoms with Crippen LogP contribution in [0, 0.1) is 0 Å². The first-order valence-corrected chi connectivity index (χ1v) is 11.8. The van der Waals surface area contributed by atoms with Crippen LogP contribution in [0.1, 0.15) is 13.3 Å². The lowest BCUT2D eigenvalue weighted by atomic mass is 10.3. The first-order chi connectivity index (χ1) is 16.0. The zero-order valence-corrected chi connectivity index (χ0v) is 19.6. The Hall–Kier alpha value is -3.36. The minimum Gasteiger partial charge on any atom is -0.494 e. The van der Waals surface area contributed by atoms with E-state index in [1.807, 2.05) is 61.5 Å². The molecule has 3 aromatic rings. The van der Waals surface area contributed by atoms with E-state index in [2.05, 4.69) is 10.6 Å². The Morgan fingerprint density at radius 3 is 2.24 bits per heavy atom. The third-order valence-electron chi connectivity index (χ3n) is 4.93. The predicted molar refractivity (Wildman–Crippen MR) is 137 cm³/mol. The molecule has 0 bridgehead atoms. The highest BCUT2D eigenvalue weighted by molar-refractivity contribution is 8.00. The summed E-state index contributed by atoms with van der Waals surface area (Å²) in [7, 11) is 0. The van der Waals surface area contributed by atoms with Gasteiger partial charge in [0.2, 0.25) is 11.8 Å². The Bertz CT molecular complexity index is 1140. The van der Waals surface area contributed by atoms with Gasteiger partial charge in [-0.25, -0.2) is 4.90 Å². The number of hydrogen-bond donors (Lipinski definition) is 2. The van der Waals surface area contributed by atoms with Gasteiger partial charge in [-0.15, -0.1) is 11.8 Å². The number of imide groups is 1. The Morgan fingerprint density at radius 1 is 0.970 bits per heavy atom. The maximum absolute atomic E-state index is 12.9. The number of amides is 2. The van der Waals surface area contributed by atoms with Gasteiger partial charge in [0.1, 0.15) is 5.75 Å². The predicted octanol–water partition coefficient (Wildman–Crippen LogP) is 5.32. The van der Waals surface area contributed by atoms with Crippen LogP contribution in [0.4, 0.5) is 17.1 Å². The van der Waals surface area contributed by atoms with Crippen molar-refractivity contribution in [1.82, 2.24) is 0 Å². The molecule has 1 fully saturated rings. The highest BCUT2D eigenvalue weighted by atomic mass is 32.2. The highest BCUT2D eigenvalue weighted by Gasteiger charge is 2.40. The molecule has 1 saturated heterocycles. The molecule has 0 radical (unpaired) electrons. The van der Waals surface area contributed by atoms with Crippen LogP contribution in [0.3, 0.4) is 0 Å². The van der Waals surface area contributed by atoms with E-state index in [0.29, 0.717) is 23.2 Å². The summed E-state index contributed by atoms with van der Waals surface area (Å²) in [6, 6.07) is 24.3. The molecule has 0 aliphatic carbocycles. The minimum atomic E-state index is -0.455. The number of carbonyl (C=O) groups excluding carboxylic acids is 2. The van der Waals surface area contributed by atoms with Gasteiger partial charge < -0.3 is 15.4 Å². The molecule has 1 aliphatic heterocycles. The minimum absolute atomic E-state index is 0.168. The molecule has 1 unspecified atom stereocenters. The molecule has 8 heteroatoms. The zero-order valence-electron chi connectivity index (χ0n) is 18.0. The van der Waals surface area contributed by atoms with Crippen LogP contribution in [0.5, 0.6) is 5.75 Å². The number of para-hydroxylation sites is 1. The number of anilines is 3. The van der Waals surface area contributed by atoms with Crippen LogP contribution < -0.4 is 20.3 Å². The summed E-state index contributed by atoms with van der Waals surface area (Å²) in [6.07, 6.45) is 0.168. The number of nitrogens with zero attached hydrogens (tertiary/aromatic N) is 1. The molecule has 2 amide bonds. The number of carbonyl (C=O) groups is 2. The summed E-state index contributed by atoms with van der Waals surface area (Å²) in [5.74, 6) is 0.306. The summed E-state index contributed by atoms with van der Waals surface area (Å²) in [6.45, 7) is 2.46. The van der Waals surface area contributed by atoms with Gasteiger partial charge in [-0.3, -0.25) is 9.59 Å².